The van der Waals surface area contributed by atoms with Gasteiger partial charge in [-0.3, -0.25) is 4.79 Å². The molecule has 1 amide bonds. The predicted molar refractivity (Wildman–Crippen MR) is 79.0 cm³/mol. The van der Waals surface area contributed by atoms with Crippen molar-refractivity contribution < 1.29 is 14.3 Å². The van der Waals surface area contributed by atoms with Crippen LogP contribution in [0.5, 0.6) is 0 Å². The summed E-state index contributed by atoms with van der Waals surface area (Å²) in [5.41, 5.74) is 1.96. The Morgan fingerprint density at radius 1 is 1.24 bits per heavy atom. The van der Waals surface area contributed by atoms with Crippen LogP contribution in [0, 0.1) is 6.92 Å². The molecule has 0 aliphatic carbocycles. The molecule has 1 saturated heterocycles. The van der Waals surface area contributed by atoms with Crippen molar-refractivity contribution in [3.8, 4) is 0 Å². The molecule has 2 spiro atoms. The highest BCUT2D eigenvalue weighted by atomic mass is 16.7. The minimum absolute atomic E-state index is 0.0367. The highest BCUT2D eigenvalue weighted by molar-refractivity contribution is 6.08. The van der Waals surface area contributed by atoms with Gasteiger partial charge in [0, 0.05) is 19.0 Å². The average Bonchev–Trinajstić information content (AvgIpc) is 2.94. The molecular weight excluding hydrogens is 266 g/mol. The number of benzene rings is 1. The van der Waals surface area contributed by atoms with Crippen molar-refractivity contribution in [1.82, 2.24) is 0 Å². The van der Waals surface area contributed by atoms with Gasteiger partial charge in [-0.05, 0) is 38.0 Å². The molecule has 2 atom stereocenters. The molecular formula is C17H19NO3. The molecule has 1 fully saturated rings. The monoisotopic (exact) mass is 285 g/mol. The van der Waals surface area contributed by atoms with Crippen LogP contribution in [0.15, 0.2) is 30.4 Å². The first-order chi connectivity index (χ1) is 10.1. The SMILES string of the molecule is Cc1ccc2c(c1)[C@]1(C=C[C@]3(CCCCO3)O1)C(=O)N2C. The molecule has 4 nitrogen and oxygen atoms in total. The van der Waals surface area contributed by atoms with E-state index in [2.05, 4.69) is 0 Å². The second-order valence-electron chi connectivity index (χ2n) is 6.17. The third-order valence-corrected chi connectivity index (χ3v) is 4.71. The van der Waals surface area contributed by atoms with Gasteiger partial charge >= 0.3 is 0 Å². The van der Waals surface area contributed by atoms with Crippen LogP contribution in [0.4, 0.5) is 5.69 Å². The smallest absolute Gasteiger partial charge is 0.267 e. The number of anilines is 1. The van der Waals surface area contributed by atoms with Gasteiger partial charge in [0.1, 0.15) is 0 Å². The molecule has 1 aromatic carbocycles. The van der Waals surface area contributed by atoms with Crippen LogP contribution in [0.2, 0.25) is 0 Å². The molecule has 0 unspecified atom stereocenters. The Balaban J connectivity index is 1.81. The highest BCUT2D eigenvalue weighted by Crippen LogP contribution is 2.51. The van der Waals surface area contributed by atoms with Gasteiger partial charge in [0.05, 0.1) is 12.3 Å². The summed E-state index contributed by atoms with van der Waals surface area (Å²) < 4.78 is 12.1. The quantitative estimate of drug-likeness (QED) is 0.688. The van der Waals surface area contributed by atoms with E-state index < -0.39 is 11.4 Å². The number of nitrogens with zero attached hydrogens (tertiary/aromatic N) is 1. The van der Waals surface area contributed by atoms with Gasteiger partial charge in [-0.15, -0.1) is 0 Å². The van der Waals surface area contributed by atoms with Crippen molar-refractivity contribution in [2.24, 2.45) is 0 Å². The average molecular weight is 285 g/mol. The highest BCUT2D eigenvalue weighted by Gasteiger charge is 2.57. The van der Waals surface area contributed by atoms with Crippen molar-refractivity contribution >= 4 is 11.6 Å². The Bertz CT molecular complexity index is 645. The van der Waals surface area contributed by atoms with Crippen LogP contribution in [0.3, 0.4) is 0 Å². The van der Waals surface area contributed by atoms with Gasteiger partial charge in [-0.25, -0.2) is 0 Å². The summed E-state index contributed by atoms with van der Waals surface area (Å²) in [6, 6.07) is 6.05. The van der Waals surface area contributed by atoms with Gasteiger partial charge in [0.15, 0.2) is 11.4 Å². The standard InChI is InChI=1S/C17H19NO3/c1-12-5-6-14-13(11-12)17(15(19)18(14)2)9-8-16(21-17)7-3-4-10-20-16/h5-6,8-9,11H,3-4,7,10H2,1-2H3/t16-,17+/m0/s1. The first-order valence-corrected chi connectivity index (χ1v) is 7.50. The van der Waals surface area contributed by atoms with E-state index in [1.165, 1.54) is 0 Å². The van der Waals surface area contributed by atoms with Gasteiger partial charge in [-0.1, -0.05) is 17.7 Å². The molecule has 4 heteroatoms. The third-order valence-electron chi connectivity index (χ3n) is 4.71. The van der Waals surface area contributed by atoms with E-state index in [9.17, 15) is 4.79 Å². The lowest BCUT2D eigenvalue weighted by Crippen LogP contribution is -2.44. The summed E-state index contributed by atoms with van der Waals surface area (Å²) in [5, 5.41) is 0. The molecule has 0 bridgehead atoms. The maximum atomic E-state index is 12.8. The number of hydrogen-bond donors (Lipinski definition) is 0. The molecule has 110 valence electrons. The molecule has 3 aliphatic heterocycles. The molecule has 0 radical (unpaired) electrons. The summed E-state index contributed by atoms with van der Waals surface area (Å²) in [7, 11) is 1.80. The van der Waals surface area contributed by atoms with Crippen LogP contribution in [0.1, 0.15) is 30.4 Å². The van der Waals surface area contributed by atoms with Gasteiger partial charge in [0.25, 0.3) is 5.91 Å². The molecule has 1 aromatic rings. The van der Waals surface area contributed by atoms with Crippen LogP contribution in [0.25, 0.3) is 0 Å². The number of carbonyl (C=O) groups excluding carboxylic acids is 1. The minimum atomic E-state index is -1.01. The van der Waals surface area contributed by atoms with Crippen molar-refractivity contribution in [3.05, 3.63) is 41.5 Å². The number of aryl methyl sites for hydroxylation is 1. The maximum Gasteiger partial charge on any atom is 0.267 e. The van der Waals surface area contributed by atoms with Crippen molar-refractivity contribution in [3.63, 3.8) is 0 Å². The van der Waals surface area contributed by atoms with E-state index in [0.717, 1.165) is 36.1 Å². The Morgan fingerprint density at radius 2 is 2.10 bits per heavy atom. The zero-order valence-corrected chi connectivity index (χ0v) is 12.4. The van der Waals surface area contributed by atoms with Crippen LogP contribution < -0.4 is 4.90 Å². The normalized spacial score (nSPS) is 34.2. The first-order valence-electron chi connectivity index (χ1n) is 7.50. The summed E-state index contributed by atoms with van der Waals surface area (Å²) in [6.45, 7) is 2.72. The zero-order valence-electron chi connectivity index (χ0n) is 12.4. The Kier molecular flexibility index (Phi) is 2.60. The number of carbonyl (C=O) groups is 1. The largest absolute Gasteiger partial charge is 0.346 e. The van der Waals surface area contributed by atoms with E-state index in [4.69, 9.17) is 9.47 Å². The molecule has 4 rings (SSSR count). The van der Waals surface area contributed by atoms with E-state index in [1.54, 1.807) is 11.9 Å². The van der Waals surface area contributed by atoms with Gasteiger partial charge < -0.3 is 14.4 Å². The van der Waals surface area contributed by atoms with E-state index in [1.807, 2.05) is 37.3 Å². The van der Waals surface area contributed by atoms with Gasteiger partial charge in [-0.2, -0.15) is 0 Å². The number of ether oxygens (including phenoxy) is 2. The van der Waals surface area contributed by atoms with Crippen molar-refractivity contribution in [2.75, 3.05) is 18.6 Å². The number of likely N-dealkylation sites (N-methyl/N-ethyl adjacent to an activating group) is 1. The lowest BCUT2D eigenvalue weighted by atomic mass is 9.94. The number of hydrogen-bond acceptors (Lipinski definition) is 3. The molecule has 21 heavy (non-hydrogen) atoms. The molecule has 0 N–H and O–H groups in total. The Hall–Kier alpha value is -1.65. The number of fused-ring (bicyclic) bond motifs is 2. The fraction of sp³-hybridized carbons (Fsp3) is 0.471. The first kappa shape index (κ1) is 13.0. The molecule has 0 saturated carbocycles. The van der Waals surface area contributed by atoms with Gasteiger partial charge in [0.2, 0.25) is 0 Å². The fourth-order valence-electron chi connectivity index (χ4n) is 3.56. The zero-order chi connectivity index (χ0) is 14.7. The van der Waals surface area contributed by atoms with Crippen molar-refractivity contribution in [2.45, 2.75) is 37.6 Å². The minimum Gasteiger partial charge on any atom is -0.346 e. The van der Waals surface area contributed by atoms with Crippen molar-refractivity contribution in [1.29, 1.82) is 0 Å². The number of amides is 1. The van der Waals surface area contributed by atoms with E-state index in [0.29, 0.717) is 6.61 Å². The van der Waals surface area contributed by atoms with Crippen LogP contribution in [-0.4, -0.2) is 25.3 Å². The second-order valence-corrected chi connectivity index (χ2v) is 6.17. The third kappa shape index (κ3) is 1.66. The van der Waals surface area contributed by atoms with E-state index >= 15 is 0 Å². The molecule has 3 heterocycles. The van der Waals surface area contributed by atoms with Crippen LogP contribution >= 0.6 is 0 Å². The fourth-order valence-corrected chi connectivity index (χ4v) is 3.56. The summed E-state index contributed by atoms with van der Waals surface area (Å²) in [5.74, 6) is -0.759. The summed E-state index contributed by atoms with van der Waals surface area (Å²) in [6.07, 6.45) is 6.75. The van der Waals surface area contributed by atoms with E-state index in [-0.39, 0.29) is 5.91 Å². The summed E-state index contributed by atoms with van der Waals surface area (Å²) >= 11 is 0. The topological polar surface area (TPSA) is 38.8 Å². The lowest BCUT2D eigenvalue weighted by Gasteiger charge is -2.35. The molecule has 0 aromatic heterocycles. The predicted octanol–water partition coefficient (Wildman–Crippen LogP) is 2.65. The molecule has 3 aliphatic rings. The lowest BCUT2D eigenvalue weighted by molar-refractivity contribution is -0.249. The Morgan fingerprint density at radius 3 is 2.86 bits per heavy atom. The number of rotatable bonds is 0. The van der Waals surface area contributed by atoms with Crippen LogP contribution in [-0.2, 0) is 19.9 Å². The Labute approximate surface area is 124 Å². The maximum absolute atomic E-state index is 12.8. The second kappa shape index (κ2) is 4.18. The summed E-state index contributed by atoms with van der Waals surface area (Å²) in [4.78, 5) is 14.5.